The van der Waals surface area contributed by atoms with Crippen molar-refractivity contribution in [3.05, 3.63) is 42.7 Å². The highest BCUT2D eigenvalue weighted by Crippen LogP contribution is 2.24. The van der Waals surface area contributed by atoms with Gasteiger partial charge >= 0.3 is 6.18 Å². The van der Waals surface area contributed by atoms with Gasteiger partial charge in [-0.25, -0.2) is 0 Å². The van der Waals surface area contributed by atoms with Crippen LogP contribution < -0.4 is 10.5 Å². The SMILES string of the molecule is Nc1ccc(-c2cncc(OCC(F)(F)F)c2)cc1. The molecule has 0 aliphatic rings. The highest BCUT2D eigenvalue weighted by molar-refractivity contribution is 5.65. The monoisotopic (exact) mass is 268 g/mol. The van der Waals surface area contributed by atoms with Gasteiger partial charge in [0.05, 0.1) is 6.20 Å². The first-order chi connectivity index (χ1) is 8.94. The highest BCUT2D eigenvalue weighted by atomic mass is 19.4. The molecule has 6 heteroatoms. The van der Waals surface area contributed by atoms with Crippen LogP contribution >= 0.6 is 0 Å². The lowest BCUT2D eigenvalue weighted by molar-refractivity contribution is -0.153. The lowest BCUT2D eigenvalue weighted by Gasteiger charge is -2.10. The number of nitrogens with two attached hydrogens (primary N) is 1. The van der Waals surface area contributed by atoms with Crippen LogP contribution in [0.5, 0.6) is 5.75 Å². The molecule has 1 aromatic heterocycles. The minimum absolute atomic E-state index is 0.0756. The second-order valence-corrected chi connectivity index (χ2v) is 3.94. The van der Waals surface area contributed by atoms with Crippen LogP contribution in [0.25, 0.3) is 11.1 Å². The summed E-state index contributed by atoms with van der Waals surface area (Å²) in [5, 5.41) is 0. The van der Waals surface area contributed by atoms with Crippen molar-refractivity contribution >= 4 is 5.69 Å². The average molecular weight is 268 g/mol. The Morgan fingerprint density at radius 2 is 1.74 bits per heavy atom. The molecule has 0 saturated heterocycles. The minimum Gasteiger partial charge on any atom is -0.482 e. The van der Waals surface area contributed by atoms with Crippen LogP contribution in [0, 0.1) is 0 Å². The van der Waals surface area contributed by atoms with Crippen molar-refractivity contribution in [1.82, 2.24) is 4.98 Å². The molecule has 0 aliphatic heterocycles. The zero-order valence-corrected chi connectivity index (χ0v) is 9.82. The molecule has 2 rings (SSSR count). The second kappa shape index (κ2) is 5.17. The summed E-state index contributed by atoms with van der Waals surface area (Å²) in [5.74, 6) is 0.0756. The Hall–Kier alpha value is -2.24. The van der Waals surface area contributed by atoms with Gasteiger partial charge in [-0.1, -0.05) is 12.1 Å². The van der Waals surface area contributed by atoms with Crippen LogP contribution in [0.15, 0.2) is 42.7 Å². The van der Waals surface area contributed by atoms with Gasteiger partial charge in [-0.3, -0.25) is 4.98 Å². The number of nitrogens with zero attached hydrogens (tertiary/aromatic N) is 1. The van der Waals surface area contributed by atoms with Crippen LogP contribution in [0.1, 0.15) is 0 Å². The maximum absolute atomic E-state index is 12.0. The van der Waals surface area contributed by atoms with Gasteiger partial charge in [0.1, 0.15) is 5.75 Å². The lowest BCUT2D eigenvalue weighted by atomic mass is 10.1. The molecule has 0 aliphatic carbocycles. The van der Waals surface area contributed by atoms with Crippen molar-refractivity contribution in [2.75, 3.05) is 12.3 Å². The molecule has 0 bridgehead atoms. The molecule has 2 N–H and O–H groups in total. The largest absolute Gasteiger partial charge is 0.482 e. The van der Waals surface area contributed by atoms with Gasteiger partial charge in [0.2, 0.25) is 0 Å². The third-order valence-corrected chi connectivity index (χ3v) is 2.36. The number of benzene rings is 1. The summed E-state index contributed by atoms with van der Waals surface area (Å²) in [7, 11) is 0. The van der Waals surface area contributed by atoms with E-state index < -0.39 is 12.8 Å². The van der Waals surface area contributed by atoms with Gasteiger partial charge in [-0.2, -0.15) is 13.2 Å². The molecular formula is C13H11F3N2O. The zero-order chi connectivity index (χ0) is 13.9. The quantitative estimate of drug-likeness (QED) is 0.869. The van der Waals surface area contributed by atoms with E-state index in [1.54, 1.807) is 30.5 Å². The number of rotatable bonds is 3. The van der Waals surface area contributed by atoms with Crippen LogP contribution in [-0.2, 0) is 0 Å². The van der Waals surface area contributed by atoms with Gasteiger partial charge < -0.3 is 10.5 Å². The van der Waals surface area contributed by atoms with E-state index in [9.17, 15) is 13.2 Å². The van der Waals surface area contributed by atoms with Crippen LogP contribution in [-0.4, -0.2) is 17.8 Å². The molecule has 0 amide bonds. The molecule has 0 spiro atoms. The molecule has 0 saturated carbocycles. The van der Waals surface area contributed by atoms with E-state index in [4.69, 9.17) is 5.73 Å². The Kier molecular flexibility index (Phi) is 3.59. The number of hydrogen-bond donors (Lipinski definition) is 1. The number of aromatic nitrogens is 1. The molecule has 3 nitrogen and oxygen atoms in total. The third-order valence-electron chi connectivity index (χ3n) is 2.36. The molecule has 19 heavy (non-hydrogen) atoms. The first-order valence-electron chi connectivity index (χ1n) is 5.44. The Balaban J connectivity index is 2.17. The maximum atomic E-state index is 12.0. The number of ether oxygens (including phenoxy) is 1. The van der Waals surface area contributed by atoms with E-state index >= 15 is 0 Å². The number of hydrogen-bond acceptors (Lipinski definition) is 3. The summed E-state index contributed by atoms with van der Waals surface area (Å²) in [6.45, 7) is -1.33. The smallest absolute Gasteiger partial charge is 0.422 e. The molecule has 1 heterocycles. The van der Waals surface area contributed by atoms with Crippen molar-refractivity contribution in [3.63, 3.8) is 0 Å². The number of pyridine rings is 1. The maximum Gasteiger partial charge on any atom is 0.422 e. The molecular weight excluding hydrogens is 257 g/mol. The Bertz CT molecular complexity index is 553. The van der Waals surface area contributed by atoms with E-state index in [2.05, 4.69) is 9.72 Å². The number of alkyl halides is 3. The number of anilines is 1. The number of nitrogen functional groups attached to an aromatic ring is 1. The van der Waals surface area contributed by atoms with Gasteiger partial charge in [0.25, 0.3) is 0 Å². The molecule has 2 aromatic rings. The fourth-order valence-corrected chi connectivity index (χ4v) is 1.50. The summed E-state index contributed by atoms with van der Waals surface area (Å²) in [6.07, 6.45) is -1.57. The van der Waals surface area contributed by atoms with Gasteiger partial charge in [0, 0.05) is 17.4 Å². The van der Waals surface area contributed by atoms with Gasteiger partial charge in [-0.15, -0.1) is 0 Å². The first kappa shape index (κ1) is 13.2. The predicted molar refractivity (Wildman–Crippen MR) is 65.6 cm³/mol. The van der Waals surface area contributed by atoms with E-state index in [1.165, 1.54) is 12.3 Å². The number of halogens is 3. The fourth-order valence-electron chi connectivity index (χ4n) is 1.50. The van der Waals surface area contributed by atoms with Gasteiger partial charge in [0.15, 0.2) is 6.61 Å². The lowest BCUT2D eigenvalue weighted by Crippen LogP contribution is -2.19. The zero-order valence-electron chi connectivity index (χ0n) is 9.82. The molecule has 0 radical (unpaired) electrons. The molecule has 0 fully saturated rings. The Morgan fingerprint density at radius 3 is 2.37 bits per heavy atom. The van der Waals surface area contributed by atoms with E-state index in [1.807, 2.05) is 0 Å². The standard InChI is InChI=1S/C13H11F3N2O/c14-13(15,16)8-19-12-5-10(6-18-7-12)9-1-3-11(17)4-2-9/h1-7H,8,17H2. The molecule has 0 unspecified atom stereocenters. The van der Waals surface area contributed by atoms with Crippen molar-refractivity contribution in [2.24, 2.45) is 0 Å². The highest BCUT2D eigenvalue weighted by Gasteiger charge is 2.28. The van der Waals surface area contributed by atoms with E-state index in [0.717, 1.165) is 5.56 Å². The van der Waals surface area contributed by atoms with Gasteiger partial charge in [-0.05, 0) is 23.8 Å². The molecule has 100 valence electrons. The third kappa shape index (κ3) is 3.87. The fraction of sp³-hybridized carbons (Fsp3) is 0.154. The van der Waals surface area contributed by atoms with Crippen LogP contribution in [0.2, 0.25) is 0 Å². The summed E-state index contributed by atoms with van der Waals surface area (Å²) in [6, 6.07) is 8.45. The van der Waals surface area contributed by atoms with Crippen molar-refractivity contribution in [2.45, 2.75) is 6.18 Å². The van der Waals surface area contributed by atoms with Crippen LogP contribution in [0.3, 0.4) is 0 Å². The van der Waals surface area contributed by atoms with E-state index in [-0.39, 0.29) is 5.75 Å². The summed E-state index contributed by atoms with van der Waals surface area (Å²) in [5.41, 5.74) is 7.65. The Morgan fingerprint density at radius 1 is 1.05 bits per heavy atom. The second-order valence-electron chi connectivity index (χ2n) is 3.94. The summed E-state index contributed by atoms with van der Waals surface area (Å²) >= 11 is 0. The predicted octanol–water partition coefficient (Wildman–Crippen LogP) is 3.27. The van der Waals surface area contributed by atoms with Crippen molar-refractivity contribution in [1.29, 1.82) is 0 Å². The average Bonchev–Trinajstić information content (AvgIpc) is 2.37. The van der Waals surface area contributed by atoms with Crippen molar-refractivity contribution in [3.8, 4) is 16.9 Å². The van der Waals surface area contributed by atoms with E-state index in [0.29, 0.717) is 11.3 Å². The first-order valence-corrected chi connectivity index (χ1v) is 5.44. The van der Waals surface area contributed by atoms with Crippen molar-refractivity contribution < 1.29 is 17.9 Å². The van der Waals surface area contributed by atoms with Crippen LogP contribution in [0.4, 0.5) is 18.9 Å². The topological polar surface area (TPSA) is 48.1 Å². The molecule has 0 atom stereocenters. The molecule has 1 aromatic carbocycles. The normalized spacial score (nSPS) is 11.3. The summed E-state index contributed by atoms with van der Waals surface area (Å²) in [4.78, 5) is 3.86. The minimum atomic E-state index is -4.36. The Labute approximate surface area is 107 Å². The summed E-state index contributed by atoms with van der Waals surface area (Å²) < 4.78 is 40.8.